The first-order valence-electron chi connectivity index (χ1n) is 6.81. The highest BCUT2D eigenvalue weighted by Gasteiger charge is 2.14. The lowest BCUT2D eigenvalue weighted by Gasteiger charge is -2.22. The van der Waals surface area contributed by atoms with Crippen molar-refractivity contribution in [3.63, 3.8) is 0 Å². The fourth-order valence-electron chi connectivity index (χ4n) is 1.93. The second-order valence-corrected chi connectivity index (χ2v) is 7.48. The minimum atomic E-state index is 0.617. The van der Waals surface area contributed by atoms with Crippen LogP contribution >= 0.6 is 52.5 Å². The van der Waals surface area contributed by atoms with Crippen LogP contribution in [-0.2, 0) is 0 Å². The predicted molar refractivity (Wildman–Crippen MR) is 101 cm³/mol. The van der Waals surface area contributed by atoms with E-state index in [0.717, 1.165) is 35.0 Å². The molecule has 0 saturated heterocycles. The second-order valence-electron chi connectivity index (χ2n) is 4.51. The molecule has 0 amide bonds. The van der Waals surface area contributed by atoms with Crippen LogP contribution in [0.15, 0.2) is 25.6 Å². The van der Waals surface area contributed by atoms with Gasteiger partial charge >= 0.3 is 0 Å². The second kappa shape index (κ2) is 8.50. The highest BCUT2D eigenvalue weighted by atomic mass is 79.9. The van der Waals surface area contributed by atoms with Gasteiger partial charge in [0.1, 0.15) is 6.26 Å². The van der Waals surface area contributed by atoms with E-state index in [1.165, 1.54) is 12.2 Å². The summed E-state index contributed by atoms with van der Waals surface area (Å²) in [5.41, 5.74) is 1.29. The van der Waals surface area contributed by atoms with E-state index >= 15 is 0 Å². The molecule has 0 saturated carbocycles. The zero-order valence-electron chi connectivity index (χ0n) is 11.8. The number of hydrogen-bond donors (Lipinski definition) is 1. The number of thioether (sulfide) groups is 1. The lowest BCUT2D eigenvalue weighted by molar-refractivity contribution is 0.566. The van der Waals surface area contributed by atoms with Gasteiger partial charge in [-0.2, -0.15) is 24.4 Å². The Kier molecular flexibility index (Phi) is 6.98. The summed E-state index contributed by atoms with van der Waals surface area (Å²) in [5, 5.41) is 0. The summed E-state index contributed by atoms with van der Waals surface area (Å²) in [7, 11) is 0. The predicted octanol–water partition coefficient (Wildman–Crippen LogP) is 5.40. The van der Waals surface area contributed by atoms with Gasteiger partial charge in [0.05, 0.1) is 8.98 Å². The number of hydrogen-bond acceptors (Lipinski definition) is 6. The molecule has 0 aliphatic rings. The van der Waals surface area contributed by atoms with Crippen LogP contribution in [0.3, 0.4) is 0 Å². The number of nitrogens with zero attached hydrogens (tertiary/aromatic N) is 1. The maximum atomic E-state index is 5.96. The molecule has 21 heavy (non-hydrogen) atoms. The molecule has 2 rings (SSSR count). The van der Waals surface area contributed by atoms with Crippen molar-refractivity contribution in [1.29, 1.82) is 0 Å². The molecule has 7 heteroatoms. The smallest absolute Gasteiger partial charge is 0.197 e. The molecule has 0 aliphatic carbocycles. The summed E-state index contributed by atoms with van der Waals surface area (Å²) in [6.07, 6.45) is 2.81. The van der Waals surface area contributed by atoms with Crippen LogP contribution in [0.5, 0.6) is 0 Å². The summed E-state index contributed by atoms with van der Waals surface area (Å²) < 4.78 is 12.8. The van der Waals surface area contributed by atoms with E-state index in [4.69, 9.17) is 21.1 Å². The van der Waals surface area contributed by atoms with Crippen LogP contribution in [0.25, 0.3) is 11.2 Å². The fourth-order valence-corrected chi connectivity index (χ4v) is 3.61. The van der Waals surface area contributed by atoms with E-state index in [9.17, 15) is 0 Å². The normalized spacial score (nSPS) is 11.2. The van der Waals surface area contributed by atoms with Crippen LogP contribution in [0, 0.1) is 4.51 Å². The van der Waals surface area contributed by atoms with E-state index in [-0.39, 0.29) is 0 Å². The molecule has 0 bridgehead atoms. The molecule has 2 heterocycles. The molecule has 2 aromatic heterocycles. The summed E-state index contributed by atoms with van der Waals surface area (Å²) in [6, 6.07) is 1.86. The van der Waals surface area contributed by atoms with Crippen LogP contribution < -0.4 is 4.90 Å². The standard InChI is InChI=1S/C14H18BrNO2S3/c1-2-6-21-7-4-16(3-5-19)12-8-11(20)14-13(18-12)10(15)9-17-14/h8-9,19H,2-7H2,1H3. The lowest BCUT2D eigenvalue weighted by atomic mass is 10.4. The molecular formula is C14H18BrNO2S3. The molecule has 0 radical (unpaired) electrons. The highest BCUT2D eigenvalue weighted by molar-refractivity contribution is 9.10. The van der Waals surface area contributed by atoms with Gasteiger partial charge < -0.3 is 13.7 Å². The summed E-state index contributed by atoms with van der Waals surface area (Å²) >= 11 is 15.1. The van der Waals surface area contributed by atoms with E-state index in [0.29, 0.717) is 15.7 Å². The minimum Gasteiger partial charge on any atom is -0.458 e. The van der Waals surface area contributed by atoms with Gasteiger partial charge in [0, 0.05) is 30.7 Å². The van der Waals surface area contributed by atoms with Crippen molar-refractivity contribution < 1.29 is 8.83 Å². The Labute approximate surface area is 148 Å². The van der Waals surface area contributed by atoms with Gasteiger partial charge in [-0.1, -0.05) is 19.1 Å². The quantitative estimate of drug-likeness (QED) is 0.359. The van der Waals surface area contributed by atoms with Gasteiger partial charge in [-0.15, -0.1) is 0 Å². The summed E-state index contributed by atoms with van der Waals surface area (Å²) in [6.45, 7) is 3.95. The van der Waals surface area contributed by atoms with Gasteiger partial charge in [0.25, 0.3) is 0 Å². The molecular weight excluding hydrogens is 390 g/mol. The summed E-state index contributed by atoms with van der Waals surface area (Å²) in [4.78, 5) is 2.18. The Morgan fingerprint density at radius 2 is 2.14 bits per heavy atom. The SMILES string of the molecule is CCCSCCN(CCS)c1cc(=S)c2occ(Br)c2o1. The van der Waals surface area contributed by atoms with E-state index < -0.39 is 0 Å². The fraction of sp³-hybridized carbons (Fsp3) is 0.500. The first-order chi connectivity index (χ1) is 10.2. The highest BCUT2D eigenvalue weighted by Crippen LogP contribution is 2.31. The number of thiol groups is 1. The monoisotopic (exact) mass is 407 g/mol. The molecule has 0 spiro atoms. The Balaban J connectivity index is 2.22. The minimum absolute atomic E-state index is 0.617. The Morgan fingerprint density at radius 1 is 1.33 bits per heavy atom. The number of rotatable bonds is 8. The van der Waals surface area contributed by atoms with Gasteiger partial charge in [0.2, 0.25) is 0 Å². The third kappa shape index (κ3) is 4.43. The zero-order valence-corrected chi connectivity index (χ0v) is 15.9. The molecule has 2 aromatic rings. The Bertz CT molecular complexity index is 641. The molecule has 116 valence electrons. The van der Waals surface area contributed by atoms with Crippen molar-refractivity contribution in [3.05, 3.63) is 21.3 Å². The molecule has 0 atom stereocenters. The Morgan fingerprint density at radius 3 is 2.86 bits per heavy atom. The van der Waals surface area contributed by atoms with E-state index in [1.807, 2.05) is 17.8 Å². The number of halogens is 1. The van der Waals surface area contributed by atoms with Crippen molar-refractivity contribution in [3.8, 4) is 0 Å². The molecule has 3 nitrogen and oxygen atoms in total. The van der Waals surface area contributed by atoms with Crippen molar-refractivity contribution in [2.24, 2.45) is 0 Å². The average Bonchev–Trinajstić information content (AvgIpc) is 2.84. The van der Waals surface area contributed by atoms with Crippen molar-refractivity contribution >= 4 is 69.6 Å². The first kappa shape index (κ1) is 17.2. The van der Waals surface area contributed by atoms with E-state index in [1.54, 1.807) is 6.26 Å². The topological polar surface area (TPSA) is 29.5 Å². The van der Waals surface area contributed by atoms with Crippen molar-refractivity contribution in [2.45, 2.75) is 13.3 Å². The lowest BCUT2D eigenvalue weighted by Crippen LogP contribution is -2.28. The maximum absolute atomic E-state index is 5.96. The van der Waals surface area contributed by atoms with E-state index in [2.05, 4.69) is 40.4 Å². The first-order valence-corrected chi connectivity index (χ1v) is 9.80. The summed E-state index contributed by atoms with van der Waals surface area (Å²) in [5.74, 6) is 3.80. The number of furan rings is 1. The van der Waals surface area contributed by atoms with Gasteiger partial charge in [-0.05, 0) is 28.1 Å². The third-order valence-corrected chi connectivity index (χ3v) is 5.14. The molecule has 0 fully saturated rings. The van der Waals surface area contributed by atoms with Crippen LogP contribution in [0.2, 0.25) is 0 Å². The van der Waals surface area contributed by atoms with Gasteiger partial charge in [0.15, 0.2) is 17.1 Å². The largest absolute Gasteiger partial charge is 0.458 e. The molecule has 0 N–H and O–H groups in total. The number of anilines is 1. The number of fused-ring (bicyclic) bond motifs is 1. The van der Waals surface area contributed by atoms with Gasteiger partial charge in [-0.25, -0.2) is 0 Å². The Hall–Kier alpha value is -0.110. The third-order valence-electron chi connectivity index (χ3n) is 2.92. The van der Waals surface area contributed by atoms with Crippen LogP contribution in [-0.4, -0.2) is 30.3 Å². The van der Waals surface area contributed by atoms with Crippen LogP contribution in [0.1, 0.15) is 13.3 Å². The van der Waals surface area contributed by atoms with Gasteiger partial charge in [-0.3, -0.25) is 0 Å². The molecule has 0 unspecified atom stereocenters. The van der Waals surface area contributed by atoms with Crippen molar-refractivity contribution in [2.75, 3.05) is 35.2 Å². The average molecular weight is 408 g/mol. The zero-order chi connectivity index (χ0) is 15.2. The molecule has 0 aliphatic heterocycles. The maximum Gasteiger partial charge on any atom is 0.197 e. The van der Waals surface area contributed by atoms with Crippen LogP contribution in [0.4, 0.5) is 5.88 Å². The molecule has 0 aromatic carbocycles. The van der Waals surface area contributed by atoms with Crippen molar-refractivity contribution in [1.82, 2.24) is 0 Å².